The van der Waals surface area contributed by atoms with E-state index in [4.69, 9.17) is 0 Å². The van der Waals surface area contributed by atoms with Crippen LogP contribution in [0.2, 0.25) is 0 Å². The third-order valence-corrected chi connectivity index (χ3v) is 4.15. The molecule has 0 atom stereocenters. The van der Waals surface area contributed by atoms with Crippen molar-refractivity contribution in [3.63, 3.8) is 0 Å². The van der Waals surface area contributed by atoms with Gasteiger partial charge in [-0.15, -0.1) is 0 Å². The highest BCUT2D eigenvalue weighted by Gasteiger charge is 2.25. The topological polar surface area (TPSA) is 115 Å². The van der Waals surface area contributed by atoms with Crippen LogP contribution in [0.15, 0.2) is 58.2 Å². The van der Waals surface area contributed by atoms with Gasteiger partial charge in [-0.2, -0.15) is 10.2 Å². The van der Waals surface area contributed by atoms with Gasteiger partial charge in [0.25, 0.3) is 5.91 Å². The van der Waals surface area contributed by atoms with Gasteiger partial charge in [-0.3, -0.25) is 24.6 Å². The molecule has 10 heteroatoms. The SMILES string of the molecule is Cc1cccc(/C=N\NC(=O)c2nn(Cc3cccc(Br)c3)cc2[N+](=O)[O-])n1. The summed E-state index contributed by atoms with van der Waals surface area (Å²) in [6.07, 6.45) is 2.58. The molecule has 0 aliphatic rings. The zero-order valence-corrected chi connectivity index (χ0v) is 16.3. The van der Waals surface area contributed by atoms with Crippen LogP contribution in [0.25, 0.3) is 0 Å². The fourth-order valence-electron chi connectivity index (χ4n) is 2.46. The van der Waals surface area contributed by atoms with E-state index in [1.165, 1.54) is 17.1 Å². The molecule has 3 aromatic rings. The van der Waals surface area contributed by atoms with E-state index in [9.17, 15) is 14.9 Å². The van der Waals surface area contributed by atoms with Crippen LogP contribution in [0, 0.1) is 17.0 Å². The van der Waals surface area contributed by atoms with E-state index in [0.717, 1.165) is 15.7 Å². The van der Waals surface area contributed by atoms with Gasteiger partial charge in [0.1, 0.15) is 6.20 Å². The predicted octanol–water partition coefficient (Wildman–Crippen LogP) is 3.07. The molecule has 1 N–H and O–H groups in total. The molecule has 0 saturated heterocycles. The number of hydrogen-bond acceptors (Lipinski definition) is 6. The molecule has 0 aliphatic carbocycles. The van der Waals surface area contributed by atoms with Crippen LogP contribution in [0.5, 0.6) is 0 Å². The second kappa shape index (κ2) is 8.53. The van der Waals surface area contributed by atoms with Crippen molar-refractivity contribution in [3.8, 4) is 0 Å². The van der Waals surface area contributed by atoms with Gasteiger partial charge in [-0.25, -0.2) is 5.43 Å². The maximum atomic E-state index is 12.3. The van der Waals surface area contributed by atoms with E-state index in [1.807, 2.05) is 37.3 Å². The number of rotatable bonds is 6. The average Bonchev–Trinajstić information content (AvgIpc) is 3.06. The molecule has 0 radical (unpaired) electrons. The Morgan fingerprint density at radius 1 is 1.36 bits per heavy atom. The first kappa shape index (κ1) is 19.4. The van der Waals surface area contributed by atoms with Gasteiger partial charge in [0.05, 0.1) is 23.4 Å². The summed E-state index contributed by atoms with van der Waals surface area (Å²) in [6.45, 7) is 2.11. The van der Waals surface area contributed by atoms with Crippen LogP contribution < -0.4 is 5.43 Å². The number of benzene rings is 1. The van der Waals surface area contributed by atoms with Crippen molar-refractivity contribution >= 4 is 33.7 Å². The zero-order valence-electron chi connectivity index (χ0n) is 14.7. The molecule has 1 aromatic carbocycles. The number of halogens is 1. The van der Waals surface area contributed by atoms with E-state index >= 15 is 0 Å². The third-order valence-electron chi connectivity index (χ3n) is 3.66. The Morgan fingerprint density at radius 2 is 2.14 bits per heavy atom. The van der Waals surface area contributed by atoms with E-state index in [1.54, 1.807) is 12.1 Å². The van der Waals surface area contributed by atoms with Crippen LogP contribution in [-0.4, -0.2) is 31.8 Å². The molecule has 2 aromatic heterocycles. The van der Waals surface area contributed by atoms with E-state index in [-0.39, 0.29) is 12.2 Å². The smallest absolute Gasteiger partial charge is 0.265 e. The molecule has 2 heterocycles. The van der Waals surface area contributed by atoms with Gasteiger partial charge < -0.3 is 0 Å². The number of aromatic nitrogens is 3. The highest BCUT2D eigenvalue weighted by Crippen LogP contribution is 2.18. The molecule has 142 valence electrons. The molecule has 9 nitrogen and oxygen atoms in total. The molecule has 0 saturated carbocycles. The average molecular weight is 443 g/mol. The van der Waals surface area contributed by atoms with Crippen molar-refractivity contribution in [1.29, 1.82) is 0 Å². The van der Waals surface area contributed by atoms with E-state index in [0.29, 0.717) is 5.69 Å². The molecule has 0 unspecified atom stereocenters. The van der Waals surface area contributed by atoms with E-state index < -0.39 is 16.5 Å². The summed E-state index contributed by atoms with van der Waals surface area (Å²) in [5.41, 5.74) is 3.78. The monoisotopic (exact) mass is 442 g/mol. The quantitative estimate of drug-likeness (QED) is 0.357. The molecule has 28 heavy (non-hydrogen) atoms. The van der Waals surface area contributed by atoms with Crippen molar-refractivity contribution in [3.05, 3.63) is 85.9 Å². The second-order valence-electron chi connectivity index (χ2n) is 5.85. The number of nitrogens with one attached hydrogen (secondary N) is 1. The zero-order chi connectivity index (χ0) is 20.1. The Bertz CT molecular complexity index is 1060. The molecular weight excluding hydrogens is 428 g/mol. The summed E-state index contributed by atoms with van der Waals surface area (Å²) in [6, 6.07) is 12.8. The molecule has 1 amide bonds. The number of hydrogen-bond donors (Lipinski definition) is 1. The summed E-state index contributed by atoms with van der Waals surface area (Å²) in [4.78, 5) is 27.2. The number of nitro groups is 1. The lowest BCUT2D eigenvalue weighted by Gasteiger charge is -2.01. The van der Waals surface area contributed by atoms with Crippen molar-refractivity contribution in [2.24, 2.45) is 5.10 Å². The van der Waals surface area contributed by atoms with Crippen molar-refractivity contribution in [2.45, 2.75) is 13.5 Å². The fourth-order valence-corrected chi connectivity index (χ4v) is 2.90. The normalized spacial score (nSPS) is 10.9. The van der Waals surface area contributed by atoms with Crippen molar-refractivity contribution < 1.29 is 9.72 Å². The summed E-state index contributed by atoms with van der Waals surface area (Å²) < 4.78 is 2.23. The lowest BCUT2D eigenvalue weighted by atomic mass is 10.2. The van der Waals surface area contributed by atoms with Crippen LogP contribution in [0.4, 0.5) is 5.69 Å². The van der Waals surface area contributed by atoms with Gasteiger partial charge in [0.2, 0.25) is 5.69 Å². The third kappa shape index (κ3) is 4.86. The minimum atomic E-state index is -0.774. The van der Waals surface area contributed by atoms with Gasteiger partial charge in [0, 0.05) is 10.2 Å². The maximum absolute atomic E-state index is 12.3. The molecule has 0 spiro atoms. The fraction of sp³-hybridized carbons (Fsp3) is 0.111. The van der Waals surface area contributed by atoms with Crippen LogP contribution in [0.3, 0.4) is 0 Å². The Hall–Kier alpha value is -3.40. The second-order valence-corrected chi connectivity index (χ2v) is 6.77. The summed E-state index contributed by atoms with van der Waals surface area (Å²) in [5, 5.41) is 19.1. The number of aryl methyl sites for hydroxylation is 1. The van der Waals surface area contributed by atoms with Gasteiger partial charge >= 0.3 is 5.69 Å². The number of carbonyl (C=O) groups excluding carboxylic acids is 1. The Labute approximate surface area is 168 Å². The molecular formula is C18H15BrN6O3. The van der Waals surface area contributed by atoms with Crippen LogP contribution in [-0.2, 0) is 6.54 Å². The first-order chi connectivity index (χ1) is 13.4. The number of pyridine rings is 1. The summed E-state index contributed by atoms with van der Waals surface area (Å²) >= 11 is 3.37. The largest absolute Gasteiger partial charge is 0.320 e. The number of nitrogens with zero attached hydrogens (tertiary/aromatic N) is 5. The van der Waals surface area contributed by atoms with Crippen molar-refractivity contribution in [2.75, 3.05) is 0 Å². The lowest BCUT2D eigenvalue weighted by molar-refractivity contribution is -0.385. The van der Waals surface area contributed by atoms with Crippen LogP contribution in [0.1, 0.15) is 27.4 Å². The van der Waals surface area contributed by atoms with Crippen molar-refractivity contribution in [1.82, 2.24) is 20.2 Å². The first-order valence-electron chi connectivity index (χ1n) is 8.16. The van der Waals surface area contributed by atoms with Gasteiger partial charge in [0.15, 0.2) is 0 Å². The standard InChI is InChI=1S/C18H15BrN6O3/c1-12-4-2-7-15(21-12)9-20-22-18(26)17-16(25(27)28)11-24(23-17)10-13-5-3-6-14(19)8-13/h2-9,11H,10H2,1H3,(H,22,26)/b20-9-. The maximum Gasteiger partial charge on any atom is 0.320 e. The van der Waals surface area contributed by atoms with Crippen LogP contribution >= 0.6 is 15.9 Å². The minimum absolute atomic E-state index is 0.282. The van der Waals surface area contributed by atoms with Gasteiger partial charge in [-0.05, 0) is 36.8 Å². The summed E-state index contributed by atoms with van der Waals surface area (Å²) in [5.74, 6) is -0.774. The molecule has 0 aliphatic heterocycles. The number of hydrazone groups is 1. The highest BCUT2D eigenvalue weighted by molar-refractivity contribution is 9.10. The van der Waals surface area contributed by atoms with E-state index in [2.05, 4.69) is 36.5 Å². The Morgan fingerprint density at radius 3 is 2.86 bits per heavy atom. The molecule has 0 bridgehead atoms. The minimum Gasteiger partial charge on any atom is -0.265 e. The highest BCUT2D eigenvalue weighted by atomic mass is 79.9. The molecule has 0 fully saturated rings. The molecule has 3 rings (SSSR count). The number of carbonyl (C=O) groups is 1. The lowest BCUT2D eigenvalue weighted by Crippen LogP contribution is -2.20. The first-order valence-corrected chi connectivity index (χ1v) is 8.95. The Kier molecular flexibility index (Phi) is 5.90. The Balaban J connectivity index is 1.77. The number of amides is 1. The summed E-state index contributed by atoms with van der Waals surface area (Å²) in [7, 11) is 0. The predicted molar refractivity (Wildman–Crippen MR) is 106 cm³/mol. The van der Waals surface area contributed by atoms with Gasteiger partial charge in [-0.1, -0.05) is 34.1 Å².